The summed E-state index contributed by atoms with van der Waals surface area (Å²) in [5.74, 6) is -0.419. The van der Waals surface area contributed by atoms with E-state index in [1.807, 2.05) is 20.8 Å². The molecule has 120 valence electrons. The summed E-state index contributed by atoms with van der Waals surface area (Å²) in [4.78, 5) is 33.2. The minimum absolute atomic E-state index is 0.138. The molecule has 7 heteroatoms. The maximum Gasteiger partial charge on any atom is 0.321 e. The van der Waals surface area contributed by atoms with Crippen LogP contribution in [0.4, 0.5) is 10.5 Å². The molecule has 0 spiro atoms. The molecular weight excluding hydrogens is 284 g/mol. The molecule has 2 amide bonds. The molecule has 1 fully saturated rings. The Hall–Kier alpha value is -2.18. The number of carbonyl (C=O) groups excluding carboxylic acids is 1. The molecular formula is C15H22N4O3. The lowest BCUT2D eigenvalue weighted by molar-refractivity contribution is -0.143. The van der Waals surface area contributed by atoms with E-state index in [2.05, 4.69) is 15.3 Å². The van der Waals surface area contributed by atoms with Gasteiger partial charge in [0.05, 0.1) is 24.0 Å². The summed E-state index contributed by atoms with van der Waals surface area (Å²) >= 11 is 0. The number of carboxylic acid groups (broad SMARTS) is 1. The van der Waals surface area contributed by atoms with Crippen LogP contribution in [0.2, 0.25) is 0 Å². The van der Waals surface area contributed by atoms with Crippen LogP contribution in [0, 0.1) is 5.92 Å². The molecule has 0 aromatic carbocycles. The van der Waals surface area contributed by atoms with Gasteiger partial charge in [0.2, 0.25) is 0 Å². The number of piperidine rings is 1. The molecule has 0 atom stereocenters. The van der Waals surface area contributed by atoms with E-state index in [0.29, 0.717) is 37.4 Å². The van der Waals surface area contributed by atoms with Crippen LogP contribution in [0.3, 0.4) is 0 Å². The Morgan fingerprint density at radius 1 is 1.23 bits per heavy atom. The summed E-state index contributed by atoms with van der Waals surface area (Å²) in [5, 5.41) is 11.7. The number of aliphatic carboxylic acids is 1. The number of rotatable bonds is 2. The first-order valence-corrected chi connectivity index (χ1v) is 7.38. The predicted octanol–water partition coefficient (Wildman–Crippen LogP) is 2.10. The topological polar surface area (TPSA) is 95.4 Å². The minimum atomic E-state index is -0.786. The molecule has 2 rings (SSSR count). The van der Waals surface area contributed by atoms with Gasteiger partial charge in [0.25, 0.3) is 0 Å². The Morgan fingerprint density at radius 3 is 2.23 bits per heavy atom. The number of carboxylic acids is 1. The average molecular weight is 306 g/mol. The normalized spacial score (nSPS) is 16.4. The quantitative estimate of drug-likeness (QED) is 0.872. The molecule has 0 saturated carbocycles. The second-order valence-electron chi connectivity index (χ2n) is 6.58. The third-order valence-corrected chi connectivity index (χ3v) is 3.71. The Kier molecular flexibility index (Phi) is 4.63. The standard InChI is InChI=1S/C15H22N4O3/c1-15(2,3)13-16-8-11(9-17-13)18-14(22)19-6-4-10(5-7-19)12(20)21/h8-10H,4-7H2,1-3H3,(H,18,22)(H,20,21). The summed E-state index contributed by atoms with van der Waals surface area (Å²) in [6, 6.07) is -0.240. The van der Waals surface area contributed by atoms with Gasteiger partial charge in [-0.15, -0.1) is 0 Å². The summed E-state index contributed by atoms with van der Waals surface area (Å²) in [7, 11) is 0. The van der Waals surface area contributed by atoms with Crippen molar-refractivity contribution in [2.45, 2.75) is 39.0 Å². The van der Waals surface area contributed by atoms with E-state index in [1.165, 1.54) is 0 Å². The number of anilines is 1. The van der Waals surface area contributed by atoms with Gasteiger partial charge < -0.3 is 15.3 Å². The Morgan fingerprint density at radius 2 is 1.77 bits per heavy atom. The first kappa shape index (κ1) is 16.2. The summed E-state index contributed by atoms with van der Waals surface area (Å²) < 4.78 is 0. The lowest BCUT2D eigenvalue weighted by Crippen LogP contribution is -2.42. The molecule has 1 aliphatic heterocycles. The number of urea groups is 1. The molecule has 1 aliphatic rings. The van der Waals surface area contributed by atoms with Gasteiger partial charge in [0.1, 0.15) is 5.82 Å². The SMILES string of the molecule is CC(C)(C)c1ncc(NC(=O)N2CCC(C(=O)O)CC2)cn1. The van der Waals surface area contributed by atoms with Crippen molar-refractivity contribution < 1.29 is 14.7 Å². The lowest BCUT2D eigenvalue weighted by Gasteiger charge is -2.30. The maximum absolute atomic E-state index is 12.1. The maximum atomic E-state index is 12.1. The van der Waals surface area contributed by atoms with E-state index < -0.39 is 5.97 Å². The van der Waals surface area contributed by atoms with Crippen molar-refractivity contribution in [3.63, 3.8) is 0 Å². The van der Waals surface area contributed by atoms with Crippen molar-refractivity contribution in [1.29, 1.82) is 0 Å². The molecule has 0 bridgehead atoms. The number of amides is 2. The summed E-state index contributed by atoms with van der Waals surface area (Å²) in [6.45, 7) is 6.96. The van der Waals surface area contributed by atoms with E-state index in [9.17, 15) is 9.59 Å². The van der Waals surface area contributed by atoms with Gasteiger partial charge >= 0.3 is 12.0 Å². The first-order valence-electron chi connectivity index (χ1n) is 7.38. The lowest BCUT2D eigenvalue weighted by atomic mass is 9.96. The van der Waals surface area contributed by atoms with Crippen molar-refractivity contribution in [3.8, 4) is 0 Å². The third kappa shape index (κ3) is 3.93. The molecule has 0 unspecified atom stereocenters. The van der Waals surface area contributed by atoms with E-state index >= 15 is 0 Å². The molecule has 2 N–H and O–H groups in total. The van der Waals surface area contributed by atoms with Crippen molar-refractivity contribution in [2.24, 2.45) is 5.92 Å². The molecule has 2 heterocycles. The van der Waals surface area contributed by atoms with Crippen LogP contribution >= 0.6 is 0 Å². The zero-order valence-corrected chi connectivity index (χ0v) is 13.2. The zero-order chi connectivity index (χ0) is 16.3. The first-order chi connectivity index (χ1) is 10.3. The number of nitrogens with zero attached hydrogens (tertiary/aromatic N) is 3. The second kappa shape index (κ2) is 6.29. The largest absolute Gasteiger partial charge is 0.481 e. The number of nitrogens with one attached hydrogen (secondary N) is 1. The van der Waals surface area contributed by atoms with Crippen molar-refractivity contribution in [3.05, 3.63) is 18.2 Å². The molecule has 0 aliphatic carbocycles. The van der Waals surface area contributed by atoms with Crippen LogP contribution in [-0.2, 0) is 10.2 Å². The van der Waals surface area contributed by atoms with Crippen molar-refractivity contribution in [1.82, 2.24) is 14.9 Å². The second-order valence-corrected chi connectivity index (χ2v) is 6.58. The van der Waals surface area contributed by atoms with Gasteiger partial charge in [0, 0.05) is 18.5 Å². The molecule has 1 aromatic heterocycles. The minimum Gasteiger partial charge on any atom is -0.481 e. The Bertz CT molecular complexity index is 543. The Labute approximate surface area is 129 Å². The highest BCUT2D eigenvalue weighted by Crippen LogP contribution is 2.20. The number of hydrogen-bond donors (Lipinski definition) is 2. The number of likely N-dealkylation sites (tertiary alicyclic amines) is 1. The smallest absolute Gasteiger partial charge is 0.321 e. The number of carbonyl (C=O) groups is 2. The van der Waals surface area contributed by atoms with Crippen LogP contribution in [-0.4, -0.2) is 45.1 Å². The van der Waals surface area contributed by atoms with Crippen LogP contribution in [0.25, 0.3) is 0 Å². The summed E-state index contributed by atoms with van der Waals surface area (Å²) in [6.07, 6.45) is 4.16. The summed E-state index contributed by atoms with van der Waals surface area (Å²) in [5.41, 5.74) is 0.403. The van der Waals surface area contributed by atoms with E-state index in [1.54, 1.807) is 17.3 Å². The zero-order valence-electron chi connectivity index (χ0n) is 13.2. The van der Waals surface area contributed by atoms with Crippen LogP contribution in [0.1, 0.15) is 39.4 Å². The van der Waals surface area contributed by atoms with Gasteiger partial charge in [-0.05, 0) is 12.8 Å². The molecule has 1 saturated heterocycles. The van der Waals surface area contributed by atoms with Crippen molar-refractivity contribution in [2.75, 3.05) is 18.4 Å². The number of hydrogen-bond acceptors (Lipinski definition) is 4. The highest BCUT2D eigenvalue weighted by atomic mass is 16.4. The molecule has 0 radical (unpaired) electrons. The molecule has 1 aromatic rings. The van der Waals surface area contributed by atoms with Gasteiger partial charge in [-0.2, -0.15) is 0 Å². The fourth-order valence-corrected chi connectivity index (χ4v) is 2.31. The predicted molar refractivity (Wildman–Crippen MR) is 81.7 cm³/mol. The Balaban J connectivity index is 1.91. The monoisotopic (exact) mass is 306 g/mol. The van der Waals surface area contributed by atoms with Crippen LogP contribution in [0.15, 0.2) is 12.4 Å². The average Bonchev–Trinajstić information content (AvgIpc) is 2.47. The van der Waals surface area contributed by atoms with Crippen LogP contribution in [0.5, 0.6) is 0 Å². The highest BCUT2D eigenvalue weighted by Gasteiger charge is 2.27. The van der Waals surface area contributed by atoms with E-state index in [4.69, 9.17) is 5.11 Å². The van der Waals surface area contributed by atoms with Gasteiger partial charge in [-0.1, -0.05) is 20.8 Å². The fourth-order valence-electron chi connectivity index (χ4n) is 2.31. The number of aromatic nitrogens is 2. The third-order valence-electron chi connectivity index (χ3n) is 3.71. The van der Waals surface area contributed by atoms with Gasteiger partial charge in [-0.3, -0.25) is 4.79 Å². The van der Waals surface area contributed by atoms with Gasteiger partial charge in [0.15, 0.2) is 0 Å². The van der Waals surface area contributed by atoms with E-state index in [-0.39, 0.29) is 17.4 Å². The highest BCUT2D eigenvalue weighted by molar-refractivity contribution is 5.89. The molecule has 7 nitrogen and oxygen atoms in total. The van der Waals surface area contributed by atoms with Crippen molar-refractivity contribution >= 4 is 17.7 Å². The van der Waals surface area contributed by atoms with E-state index in [0.717, 1.165) is 0 Å². The fraction of sp³-hybridized carbons (Fsp3) is 0.600. The van der Waals surface area contributed by atoms with Crippen LogP contribution < -0.4 is 5.32 Å². The van der Waals surface area contributed by atoms with Gasteiger partial charge in [-0.25, -0.2) is 14.8 Å². The molecule has 22 heavy (non-hydrogen) atoms.